The summed E-state index contributed by atoms with van der Waals surface area (Å²) < 4.78 is 4.96. The van der Waals surface area contributed by atoms with Gasteiger partial charge in [-0.2, -0.15) is 0 Å². The average Bonchev–Trinajstić information content (AvgIpc) is 2.48. The maximum absolute atomic E-state index is 12.0. The van der Waals surface area contributed by atoms with Gasteiger partial charge in [-0.1, -0.05) is 30.3 Å². The second-order valence-electron chi connectivity index (χ2n) is 4.05. The Morgan fingerprint density at radius 2 is 2.00 bits per heavy atom. The fraction of sp³-hybridized carbons (Fsp3) is 0.214. The van der Waals surface area contributed by atoms with Crippen molar-refractivity contribution in [3.63, 3.8) is 0 Å². The molecular weight excluding hydrogens is 242 g/mol. The Morgan fingerprint density at radius 3 is 2.68 bits per heavy atom. The van der Waals surface area contributed by atoms with E-state index in [4.69, 9.17) is 4.74 Å². The topological polar surface area (TPSA) is 64.1 Å². The number of rotatable bonds is 4. The molecule has 0 spiro atoms. The Kier molecular flexibility index (Phi) is 4.07. The zero-order valence-electron chi connectivity index (χ0n) is 10.8. The van der Waals surface area contributed by atoms with Crippen LogP contribution in [0.4, 0.5) is 0 Å². The molecule has 1 N–H and O–H groups in total. The molecule has 0 saturated carbocycles. The first-order valence-electron chi connectivity index (χ1n) is 5.92. The van der Waals surface area contributed by atoms with Gasteiger partial charge in [0.1, 0.15) is 12.0 Å². The number of benzene rings is 1. The monoisotopic (exact) mass is 257 g/mol. The first kappa shape index (κ1) is 13.0. The van der Waals surface area contributed by atoms with Gasteiger partial charge in [-0.05, 0) is 12.5 Å². The van der Waals surface area contributed by atoms with Crippen LogP contribution in [0.1, 0.15) is 29.0 Å². The van der Waals surface area contributed by atoms with Crippen LogP contribution in [-0.2, 0) is 0 Å². The number of ether oxygens (including phenoxy) is 1. The molecule has 1 aromatic carbocycles. The number of methoxy groups -OCH3 is 1. The van der Waals surface area contributed by atoms with Crippen molar-refractivity contribution < 1.29 is 9.53 Å². The lowest BCUT2D eigenvalue weighted by molar-refractivity contribution is 0.0934. The smallest absolute Gasteiger partial charge is 0.270 e. The van der Waals surface area contributed by atoms with Crippen molar-refractivity contribution in [3.8, 4) is 5.88 Å². The van der Waals surface area contributed by atoms with E-state index in [2.05, 4.69) is 15.3 Å². The van der Waals surface area contributed by atoms with Gasteiger partial charge in [-0.25, -0.2) is 9.97 Å². The lowest BCUT2D eigenvalue weighted by Crippen LogP contribution is -2.27. The SMILES string of the molecule is COc1cc(C(=O)N[C@H](C)c2ccccc2)ncn1. The van der Waals surface area contributed by atoms with Crippen LogP contribution in [0.5, 0.6) is 5.88 Å². The number of carbonyl (C=O) groups is 1. The van der Waals surface area contributed by atoms with Crippen molar-refractivity contribution in [2.75, 3.05) is 7.11 Å². The molecule has 1 atom stereocenters. The van der Waals surface area contributed by atoms with Gasteiger partial charge in [0.05, 0.1) is 13.2 Å². The summed E-state index contributed by atoms with van der Waals surface area (Å²) in [6.45, 7) is 1.92. The lowest BCUT2D eigenvalue weighted by Gasteiger charge is -2.13. The molecule has 0 aliphatic carbocycles. The highest BCUT2D eigenvalue weighted by Gasteiger charge is 2.13. The average molecular weight is 257 g/mol. The van der Waals surface area contributed by atoms with E-state index < -0.39 is 0 Å². The quantitative estimate of drug-likeness (QED) is 0.909. The van der Waals surface area contributed by atoms with Crippen LogP contribution in [0.3, 0.4) is 0 Å². The number of carbonyl (C=O) groups excluding carboxylic acids is 1. The Balaban J connectivity index is 2.08. The molecule has 98 valence electrons. The summed E-state index contributed by atoms with van der Waals surface area (Å²) >= 11 is 0. The Labute approximate surface area is 111 Å². The van der Waals surface area contributed by atoms with Gasteiger partial charge < -0.3 is 10.1 Å². The fourth-order valence-electron chi connectivity index (χ4n) is 1.67. The van der Waals surface area contributed by atoms with E-state index in [1.807, 2.05) is 37.3 Å². The molecule has 0 aliphatic heterocycles. The van der Waals surface area contributed by atoms with Gasteiger partial charge in [0.15, 0.2) is 0 Å². The highest BCUT2D eigenvalue weighted by molar-refractivity contribution is 5.92. The molecule has 0 fully saturated rings. The van der Waals surface area contributed by atoms with Crippen molar-refractivity contribution in [1.82, 2.24) is 15.3 Å². The third kappa shape index (κ3) is 3.28. The number of aromatic nitrogens is 2. The largest absolute Gasteiger partial charge is 0.481 e. The Bertz CT molecular complexity index is 558. The third-order valence-corrected chi connectivity index (χ3v) is 2.73. The van der Waals surface area contributed by atoms with Gasteiger partial charge in [0, 0.05) is 6.07 Å². The molecule has 0 saturated heterocycles. The maximum Gasteiger partial charge on any atom is 0.270 e. The molecule has 1 aromatic heterocycles. The van der Waals surface area contributed by atoms with Gasteiger partial charge in [-0.3, -0.25) is 4.79 Å². The number of nitrogens with zero attached hydrogens (tertiary/aromatic N) is 2. The molecule has 2 rings (SSSR count). The molecule has 5 heteroatoms. The highest BCUT2D eigenvalue weighted by Crippen LogP contribution is 2.12. The second kappa shape index (κ2) is 5.95. The molecule has 0 unspecified atom stereocenters. The van der Waals surface area contributed by atoms with Crippen LogP contribution in [0.2, 0.25) is 0 Å². The standard InChI is InChI=1S/C14H15N3O2/c1-10(11-6-4-3-5-7-11)17-14(18)12-8-13(19-2)16-9-15-12/h3-10H,1-2H3,(H,17,18)/t10-/m1/s1. The van der Waals surface area contributed by atoms with Crippen LogP contribution in [0.15, 0.2) is 42.7 Å². The molecule has 1 heterocycles. The first-order valence-corrected chi connectivity index (χ1v) is 5.92. The van der Waals surface area contributed by atoms with Crippen molar-refractivity contribution in [2.45, 2.75) is 13.0 Å². The summed E-state index contributed by atoms with van der Waals surface area (Å²) in [5, 5.41) is 2.88. The van der Waals surface area contributed by atoms with Crippen molar-refractivity contribution in [2.24, 2.45) is 0 Å². The molecule has 5 nitrogen and oxygen atoms in total. The molecule has 1 amide bonds. The summed E-state index contributed by atoms with van der Waals surface area (Å²) in [7, 11) is 1.50. The normalized spacial score (nSPS) is 11.7. The van der Waals surface area contributed by atoms with Gasteiger partial charge in [-0.15, -0.1) is 0 Å². The fourth-order valence-corrected chi connectivity index (χ4v) is 1.67. The summed E-state index contributed by atoms with van der Waals surface area (Å²) in [6, 6.07) is 11.2. The predicted octanol–water partition coefficient (Wildman–Crippen LogP) is 1.98. The van der Waals surface area contributed by atoms with Crippen molar-refractivity contribution >= 4 is 5.91 Å². The lowest BCUT2D eigenvalue weighted by atomic mass is 10.1. The van der Waals surface area contributed by atoms with E-state index in [0.717, 1.165) is 5.56 Å². The minimum atomic E-state index is -0.253. The van der Waals surface area contributed by atoms with E-state index >= 15 is 0 Å². The Morgan fingerprint density at radius 1 is 1.26 bits per heavy atom. The predicted molar refractivity (Wildman–Crippen MR) is 70.9 cm³/mol. The Hall–Kier alpha value is -2.43. The summed E-state index contributed by atoms with van der Waals surface area (Å²) in [5.74, 6) is 0.115. The van der Waals surface area contributed by atoms with E-state index in [1.165, 1.54) is 19.5 Å². The summed E-state index contributed by atoms with van der Waals surface area (Å²) in [6.07, 6.45) is 1.31. The molecule has 19 heavy (non-hydrogen) atoms. The van der Waals surface area contributed by atoms with Gasteiger partial charge in [0.2, 0.25) is 5.88 Å². The van der Waals surface area contributed by atoms with E-state index in [9.17, 15) is 4.79 Å². The summed E-state index contributed by atoms with van der Waals surface area (Å²) in [4.78, 5) is 19.8. The minimum Gasteiger partial charge on any atom is -0.481 e. The number of nitrogens with one attached hydrogen (secondary N) is 1. The molecule has 0 radical (unpaired) electrons. The second-order valence-corrected chi connectivity index (χ2v) is 4.05. The molecule has 0 aliphatic rings. The van der Waals surface area contributed by atoms with Crippen LogP contribution in [0.25, 0.3) is 0 Å². The van der Waals surface area contributed by atoms with Gasteiger partial charge in [0.25, 0.3) is 5.91 Å². The van der Waals surface area contributed by atoms with Gasteiger partial charge >= 0.3 is 0 Å². The highest BCUT2D eigenvalue weighted by atomic mass is 16.5. The van der Waals surface area contributed by atoms with Crippen molar-refractivity contribution in [3.05, 3.63) is 54.0 Å². The molecular formula is C14H15N3O2. The minimum absolute atomic E-state index is 0.0883. The van der Waals surface area contributed by atoms with Crippen LogP contribution in [0, 0.1) is 0 Å². The zero-order chi connectivity index (χ0) is 13.7. The van der Waals surface area contributed by atoms with Crippen molar-refractivity contribution in [1.29, 1.82) is 0 Å². The molecule has 2 aromatic rings. The molecule has 0 bridgehead atoms. The number of amides is 1. The van der Waals surface area contributed by atoms with Crippen LogP contribution in [-0.4, -0.2) is 23.0 Å². The maximum atomic E-state index is 12.0. The van der Waals surface area contributed by atoms with Crippen LogP contribution >= 0.6 is 0 Å². The van der Waals surface area contributed by atoms with Crippen LogP contribution < -0.4 is 10.1 Å². The number of hydrogen-bond acceptors (Lipinski definition) is 4. The van der Waals surface area contributed by atoms with E-state index in [-0.39, 0.29) is 17.6 Å². The third-order valence-electron chi connectivity index (χ3n) is 2.73. The van der Waals surface area contributed by atoms with E-state index in [0.29, 0.717) is 5.88 Å². The van der Waals surface area contributed by atoms with E-state index in [1.54, 1.807) is 0 Å². The summed E-state index contributed by atoms with van der Waals surface area (Å²) in [5.41, 5.74) is 1.33. The number of hydrogen-bond donors (Lipinski definition) is 1. The first-order chi connectivity index (χ1) is 9.20. The zero-order valence-corrected chi connectivity index (χ0v) is 10.8.